The molecule has 0 aliphatic rings. The van der Waals surface area contributed by atoms with Crippen LogP contribution in [-0.4, -0.2) is 25.3 Å². The van der Waals surface area contributed by atoms with Crippen LogP contribution in [0.25, 0.3) is 0 Å². The first kappa shape index (κ1) is 7.72. The molecule has 0 radical (unpaired) electrons. The van der Waals surface area contributed by atoms with Crippen molar-refractivity contribution in [2.24, 2.45) is 7.05 Å². The van der Waals surface area contributed by atoms with E-state index in [0.29, 0.717) is 11.5 Å². The minimum absolute atomic E-state index is 0.189. The minimum atomic E-state index is -0.189. The highest BCUT2D eigenvalue weighted by molar-refractivity contribution is 6.04. The van der Waals surface area contributed by atoms with E-state index in [1.165, 1.54) is 6.20 Å². The Balaban J connectivity index is 2.33. The van der Waals surface area contributed by atoms with Crippen molar-refractivity contribution >= 4 is 5.78 Å². The average molecular weight is 176 g/mol. The van der Waals surface area contributed by atoms with Crippen LogP contribution in [0.15, 0.2) is 24.9 Å². The van der Waals surface area contributed by atoms with Crippen LogP contribution in [0.4, 0.5) is 0 Å². The molecule has 2 heterocycles. The number of aromatic nitrogens is 4. The molecule has 0 atom stereocenters. The zero-order chi connectivity index (χ0) is 9.26. The van der Waals surface area contributed by atoms with Crippen molar-refractivity contribution in [3.63, 3.8) is 0 Å². The molecule has 2 aromatic rings. The highest BCUT2D eigenvalue weighted by atomic mass is 16.1. The number of hydrogen-bond acceptors (Lipinski definition) is 3. The van der Waals surface area contributed by atoms with Gasteiger partial charge in [-0.15, -0.1) is 0 Å². The number of carbonyl (C=O) groups excluding carboxylic acids is 1. The van der Waals surface area contributed by atoms with Gasteiger partial charge in [-0.25, -0.2) is 9.97 Å². The minimum Gasteiger partial charge on any atom is -0.342 e. The van der Waals surface area contributed by atoms with Gasteiger partial charge in [0.1, 0.15) is 5.69 Å². The van der Waals surface area contributed by atoms with Crippen molar-refractivity contribution in [1.82, 2.24) is 19.5 Å². The van der Waals surface area contributed by atoms with Gasteiger partial charge >= 0.3 is 0 Å². The second-order valence-corrected chi connectivity index (χ2v) is 2.69. The van der Waals surface area contributed by atoms with Crippen LogP contribution >= 0.6 is 0 Å². The predicted molar refractivity (Wildman–Crippen MR) is 45.2 cm³/mol. The molecule has 0 bridgehead atoms. The number of H-pyrrole nitrogens is 1. The number of hydrogen-bond donors (Lipinski definition) is 1. The van der Waals surface area contributed by atoms with E-state index in [4.69, 9.17) is 0 Å². The van der Waals surface area contributed by atoms with Crippen LogP contribution in [-0.2, 0) is 7.05 Å². The third-order valence-electron chi connectivity index (χ3n) is 1.65. The van der Waals surface area contributed by atoms with Crippen molar-refractivity contribution in [3.8, 4) is 0 Å². The zero-order valence-corrected chi connectivity index (χ0v) is 7.06. The van der Waals surface area contributed by atoms with Crippen LogP contribution in [0, 0.1) is 0 Å². The van der Waals surface area contributed by atoms with E-state index < -0.39 is 0 Å². The number of ketones is 1. The first-order valence-corrected chi connectivity index (χ1v) is 3.79. The Morgan fingerprint density at radius 3 is 2.92 bits per heavy atom. The molecule has 0 saturated heterocycles. The van der Waals surface area contributed by atoms with E-state index >= 15 is 0 Å². The highest BCUT2D eigenvalue weighted by Gasteiger charge is 2.13. The van der Waals surface area contributed by atoms with Crippen LogP contribution in [0.2, 0.25) is 0 Å². The fraction of sp³-hybridized carbons (Fsp3) is 0.125. The monoisotopic (exact) mass is 176 g/mol. The fourth-order valence-electron chi connectivity index (χ4n) is 1.04. The van der Waals surface area contributed by atoms with Gasteiger partial charge in [0.15, 0.2) is 5.82 Å². The lowest BCUT2D eigenvalue weighted by molar-refractivity contribution is 0.102. The summed E-state index contributed by atoms with van der Waals surface area (Å²) < 4.78 is 1.72. The van der Waals surface area contributed by atoms with Crippen LogP contribution in [0.5, 0.6) is 0 Å². The largest absolute Gasteiger partial charge is 0.342 e. The maximum absolute atomic E-state index is 11.6. The molecule has 2 rings (SSSR count). The number of nitrogens with one attached hydrogen (secondary N) is 1. The summed E-state index contributed by atoms with van der Waals surface area (Å²) in [6, 6.07) is 0. The Bertz CT molecular complexity index is 415. The number of aromatic amines is 1. The Hall–Kier alpha value is -1.91. The molecule has 5 nitrogen and oxygen atoms in total. The zero-order valence-electron chi connectivity index (χ0n) is 7.06. The summed E-state index contributed by atoms with van der Waals surface area (Å²) >= 11 is 0. The molecule has 5 heteroatoms. The molecular formula is C8H8N4O. The molecule has 13 heavy (non-hydrogen) atoms. The van der Waals surface area contributed by atoms with Gasteiger partial charge in [-0.3, -0.25) is 4.79 Å². The summed E-state index contributed by atoms with van der Waals surface area (Å²) in [6.07, 6.45) is 6.38. The highest BCUT2D eigenvalue weighted by Crippen LogP contribution is 2.01. The van der Waals surface area contributed by atoms with E-state index in [1.54, 1.807) is 23.3 Å². The summed E-state index contributed by atoms with van der Waals surface area (Å²) in [5.41, 5.74) is 0.400. The van der Waals surface area contributed by atoms with Gasteiger partial charge in [0.2, 0.25) is 5.78 Å². The van der Waals surface area contributed by atoms with Crippen LogP contribution < -0.4 is 0 Å². The molecule has 66 valence electrons. The number of aryl methyl sites for hydroxylation is 1. The van der Waals surface area contributed by atoms with E-state index in [0.717, 1.165) is 0 Å². The molecule has 0 unspecified atom stereocenters. The van der Waals surface area contributed by atoms with Gasteiger partial charge in [-0.05, 0) is 0 Å². The van der Waals surface area contributed by atoms with Gasteiger partial charge in [0, 0.05) is 25.6 Å². The molecular weight excluding hydrogens is 168 g/mol. The predicted octanol–water partition coefficient (Wildman–Crippen LogP) is 0.374. The Kier molecular flexibility index (Phi) is 1.70. The van der Waals surface area contributed by atoms with Gasteiger partial charge in [0.05, 0.1) is 6.33 Å². The molecule has 2 aromatic heterocycles. The number of rotatable bonds is 2. The molecule has 0 fully saturated rings. The van der Waals surface area contributed by atoms with E-state index in [2.05, 4.69) is 15.0 Å². The van der Waals surface area contributed by atoms with E-state index in [-0.39, 0.29) is 5.78 Å². The summed E-state index contributed by atoms with van der Waals surface area (Å²) in [4.78, 5) is 22.1. The van der Waals surface area contributed by atoms with Crippen molar-refractivity contribution in [2.45, 2.75) is 0 Å². The van der Waals surface area contributed by atoms with Crippen molar-refractivity contribution < 1.29 is 4.79 Å². The molecule has 0 spiro atoms. The summed E-state index contributed by atoms with van der Waals surface area (Å²) in [6.45, 7) is 0. The van der Waals surface area contributed by atoms with Crippen molar-refractivity contribution in [3.05, 3.63) is 36.4 Å². The smallest absolute Gasteiger partial charge is 0.248 e. The standard InChI is InChI=1S/C8H8N4O/c1-12-4-6(11-5-12)7(13)8-9-2-3-10-8/h2-5H,1H3,(H,9,10). The topological polar surface area (TPSA) is 63.6 Å². The lowest BCUT2D eigenvalue weighted by Gasteiger charge is -1.89. The normalized spacial score (nSPS) is 10.2. The SMILES string of the molecule is Cn1cnc(C(=O)c2ncc[nH]2)c1. The molecule has 1 N–H and O–H groups in total. The van der Waals surface area contributed by atoms with Crippen molar-refractivity contribution in [2.75, 3.05) is 0 Å². The lowest BCUT2D eigenvalue weighted by Crippen LogP contribution is -2.03. The second-order valence-electron chi connectivity index (χ2n) is 2.69. The lowest BCUT2D eigenvalue weighted by atomic mass is 10.3. The third-order valence-corrected chi connectivity index (χ3v) is 1.65. The van der Waals surface area contributed by atoms with Gasteiger partial charge in [0.25, 0.3) is 0 Å². The molecule has 0 amide bonds. The quantitative estimate of drug-likeness (QED) is 0.672. The van der Waals surface area contributed by atoms with Crippen LogP contribution in [0.1, 0.15) is 16.3 Å². The van der Waals surface area contributed by atoms with Crippen LogP contribution in [0.3, 0.4) is 0 Å². The Labute approximate surface area is 74.4 Å². The van der Waals surface area contributed by atoms with E-state index in [9.17, 15) is 4.79 Å². The number of carbonyl (C=O) groups is 1. The molecule has 0 aliphatic heterocycles. The third kappa shape index (κ3) is 1.35. The number of imidazole rings is 2. The second kappa shape index (κ2) is 2.85. The number of nitrogens with zero attached hydrogens (tertiary/aromatic N) is 3. The summed E-state index contributed by atoms with van der Waals surface area (Å²) in [5, 5.41) is 0. The average Bonchev–Trinajstić information content (AvgIpc) is 2.72. The fourth-order valence-corrected chi connectivity index (χ4v) is 1.04. The van der Waals surface area contributed by atoms with Gasteiger partial charge < -0.3 is 9.55 Å². The molecule has 0 aliphatic carbocycles. The van der Waals surface area contributed by atoms with E-state index in [1.807, 2.05) is 7.05 Å². The van der Waals surface area contributed by atoms with Crippen molar-refractivity contribution in [1.29, 1.82) is 0 Å². The first-order valence-electron chi connectivity index (χ1n) is 3.79. The molecule has 0 aromatic carbocycles. The molecule has 0 saturated carbocycles. The van der Waals surface area contributed by atoms with Gasteiger partial charge in [-0.1, -0.05) is 0 Å². The maximum atomic E-state index is 11.6. The summed E-state index contributed by atoms with van der Waals surface area (Å²) in [5.74, 6) is 0.129. The van der Waals surface area contributed by atoms with Gasteiger partial charge in [-0.2, -0.15) is 0 Å². The Morgan fingerprint density at radius 2 is 2.38 bits per heavy atom. The summed E-state index contributed by atoms with van der Waals surface area (Å²) in [7, 11) is 1.81. The Morgan fingerprint density at radius 1 is 1.54 bits per heavy atom. The first-order chi connectivity index (χ1) is 6.27. The maximum Gasteiger partial charge on any atom is 0.248 e.